The van der Waals surface area contributed by atoms with Gasteiger partial charge in [-0.2, -0.15) is 0 Å². The van der Waals surface area contributed by atoms with Crippen LogP contribution in [0.1, 0.15) is 33.1 Å². The minimum absolute atomic E-state index is 0.690. The van der Waals surface area contributed by atoms with Crippen molar-refractivity contribution in [3.8, 4) is 0 Å². The highest BCUT2D eigenvalue weighted by molar-refractivity contribution is 4.84. The first-order chi connectivity index (χ1) is 7.31. The summed E-state index contributed by atoms with van der Waals surface area (Å²) in [6.07, 6.45) is 3.64. The summed E-state index contributed by atoms with van der Waals surface area (Å²) in [5.74, 6) is 0. The second-order valence-electron chi connectivity index (χ2n) is 4.42. The fourth-order valence-electron chi connectivity index (χ4n) is 2.29. The van der Waals surface area contributed by atoms with Crippen molar-refractivity contribution in [2.45, 2.75) is 45.2 Å². The third kappa shape index (κ3) is 4.09. The van der Waals surface area contributed by atoms with Gasteiger partial charge in [-0.25, -0.2) is 0 Å². The normalized spacial score (nSPS) is 28.2. The molecule has 0 spiro atoms. The molecular formula is C12H26N2O. The number of hydrogen-bond acceptors (Lipinski definition) is 3. The number of hydrogen-bond donors (Lipinski definition) is 1. The molecule has 0 amide bonds. The summed E-state index contributed by atoms with van der Waals surface area (Å²) in [5.41, 5.74) is 0. The number of ether oxygens (including phenoxy) is 1. The molecular weight excluding hydrogens is 188 g/mol. The zero-order valence-electron chi connectivity index (χ0n) is 10.5. The van der Waals surface area contributed by atoms with Crippen LogP contribution in [-0.4, -0.2) is 50.3 Å². The Morgan fingerprint density at radius 3 is 2.73 bits per heavy atom. The number of nitrogens with zero attached hydrogens (tertiary/aromatic N) is 1. The number of nitrogens with one attached hydrogen (secondary N) is 1. The Morgan fingerprint density at radius 1 is 1.33 bits per heavy atom. The molecule has 1 fully saturated rings. The van der Waals surface area contributed by atoms with E-state index in [4.69, 9.17) is 4.74 Å². The van der Waals surface area contributed by atoms with Gasteiger partial charge in [-0.15, -0.1) is 0 Å². The van der Waals surface area contributed by atoms with Crippen molar-refractivity contribution in [2.75, 3.05) is 33.4 Å². The first-order valence-electron chi connectivity index (χ1n) is 6.28. The minimum Gasteiger partial charge on any atom is -0.385 e. The molecule has 0 aromatic heterocycles. The van der Waals surface area contributed by atoms with Crippen LogP contribution >= 0.6 is 0 Å². The van der Waals surface area contributed by atoms with E-state index in [0.29, 0.717) is 6.04 Å². The second kappa shape index (κ2) is 7.20. The summed E-state index contributed by atoms with van der Waals surface area (Å²) < 4.78 is 5.11. The lowest BCUT2D eigenvalue weighted by molar-refractivity contribution is 0.106. The Labute approximate surface area is 94.2 Å². The van der Waals surface area contributed by atoms with Gasteiger partial charge in [-0.05, 0) is 19.3 Å². The molecule has 0 radical (unpaired) electrons. The highest BCUT2D eigenvalue weighted by Crippen LogP contribution is 2.12. The third-order valence-corrected chi connectivity index (χ3v) is 3.37. The van der Waals surface area contributed by atoms with E-state index in [1.54, 1.807) is 7.11 Å². The molecule has 2 atom stereocenters. The topological polar surface area (TPSA) is 24.5 Å². The molecule has 1 heterocycles. The van der Waals surface area contributed by atoms with E-state index in [9.17, 15) is 0 Å². The van der Waals surface area contributed by atoms with Gasteiger partial charge >= 0.3 is 0 Å². The van der Waals surface area contributed by atoms with Gasteiger partial charge in [-0.3, -0.25) is 4.90 Å². The van der Waals surface area contributed by atoms with Gasteiger partial charge in [0.05, 0.1) is 0 Å². The first-order valence-corrected chi connectivity index (χ1v) is 6.28. The molecule has 3 heteroatoms. The standard InChI is InChI=1S/C12H26N2O/c1-4-11-10-14(7-6-8-15-3)12(5-2)9-13-11/h11-13H,4-10H2,1-3H3. The van der Waals surface area contributed by atoms with E-state index in [2.05, 4.69) is 24.1 Å². The Bertz CT molecular complexity index is 164. The van der Waals surface area contributed by atoms with Crippen LogP contribution in [0.15, 0.2) is 0 Å². The average molecular weight is 214 g/mol. The molecule has 0 bridgehead atoms. The molecule has 1 aliphatic rings. The minimum atomic E-state index is 0.690. The summed E-state index contributed by atoms with van der Waals surface area (Å²) in [7, 11) is 1.78. The smallest absolute Gasteiger partial charge is 0.0474 e. The molecule has 1 aliphatic heterocycles. The first kappa shape index (κ1) is 12.9. The summed E-state index contributed by atoms with van der Waals surface area (Å²) in [5, 5.41) is 3.62. The Kier molecular flexibility index (Phi) is 6.22. The van der Waals surface area contributed by atoms with E-state index in [1.807, 2.05) is 0 Å². The third-order valence-electron chi connectivity index (χ3n) is 3.37. The van der Waals surface area contributed by atoms with Gasteiger partial charge in [0, 0.05) is 45.4 Å². The zero-order valence-corrected chi connectivity index (χ0v) is 10.5. The van der Waals surface area contributed by atoms with Crippen molar-refractivity contribution in [1.29, 1.82) is 0 Å². The van der Waals surface area contributed by atoms with Crippen LogP contribution in [0.4, 0.5) is 0 Å². The predicted octanol–water partition coefficient (Wildman–Crippen LogP) is 1.49. The van der Waals surface area contributed by atoms with Crippen molar-refractivity contribution < 1.29 is 4.74 Å². The van der Waals surface area contributed by atoms with Crippen LogP contribution in [0, 0.1) is 0 Å². The van der Waals surface area contributed by atoms with Gasteiger partial charge in [0.25, 0.3) is 0 Å². The summed E-state index contributed by atoms with van der Waals surface area (Å²) >= 11 is 0. The van der Waals surface area contributed by atoms with Gasteiger partial charge in [-0.1, -0.05) is 13.8 Å². The van der Waals surface area contributed by atoms with Crippen molar-refractivity contribution in [1.82, 2.24) is 10.2 Å². The molecule has 0 saturated carbocycles. The van der Waals surface area contributed by atoms with E-state index in [0.717, 1.165) is 25.6 Å². The number of rotatable bonds is 6. The maximum atomic E-state index is 5.11. The molecule has 1 rings (SSSR count). The predicted molar refractivity (Wildman–Crippen MR) is 64.2 cm³/mol. The molecule has 0 aliphatic carbocycles. The Morgan fingerprint density at radius 2 is 2.13 bits per heavy atom. The number of piperazine rings is 1. The van der Waals surface area contributed by atoms with Crippen LogP contribution in [0.3, 0.4) is 0 Å². The Hall–Kier alpha value is -0.120. The molecule has 1 N–H and O–H groups in total. The molecule has 15 heavy (non-hydrogen) atoms. The average Bonchev–Trinajstić information content (AvgIpc) is 2.29. The fourth-order valence-corrected chi connectivity index (χ4v) is 2.29. The van der Waals surface area contributed by atoms with Crippen molar-refractivity contribution >= 4 is 0 Å². The van der Waals surface area contributed by atoms with E-state index < -0.39 is 0 Å². The molecule has 0 aromatic rings. The van der Waals surface area contributed by atoms with Crippen LogP contribution in [-0.2, 0) is 4.74 Å². The van der Waals surface area contributed by atoms with Crippen LogP contribution < -0.4 is 5.32 Å². The van der Waals surface area contributed by atoms with E-state index in [1.165, 1.54) is 25.9 Å². The molecule has 90 valence electrons. The van der Waals surface area contributed by atoms with Crippen LogP contribution in [0.5, 0.6) is 0 Å². The molecule has 0 aromatic carbocycles. The van der Waals surface area contributed by atoms with Crippen molar-refractivity contribution in [3.63, 3.8) is 0 Å². The second-order valence-corrected chi connectivity index (χ2v) is 4.42. The highest BCUT2D eigenvalue weighted by Gasteiger charge is 2.24. The van der Waals surface area contributed by atoms with Gasteiger partial charge in [0.1, 0.15) is 0 Å². The maximum absolute atomic E-state index is 5.11. The van der Waals surface area contributed by atoms with E-state index in [-0.39, 0.29) is 0 Å². The number of methoxy groups -OCH3 is 1. The van der Waals surface area contributed by atoms with Crippen molar-refractivity contribution in [2.24, 2.45) is 0 Å². The quantitative estimate of drug-likeness (QED) is 0.678. The SMILES string of the molecule is CCC1CN(CCCOC)C(CC)CN1. The molecule has 3 nitrogen and oxygen atoms in total. The summed E-state index contributed by atoms with van der Waals surface area (Å²) in [4.78, 5) is 2.63. The lowest BCUT2D eigenvalue weighted by Crippen LogP contribution is -2.56. The van der Waals surface area contributed by atoms with Crippen LogP contribution in [0.2, 0.25) is 0 Å². The zero-order chi connectivity index (χ0) is 11.1. The van der Waals surface area contributed by atoms with Gasteiger partial charge in [0.15, 0.2) is 0 Å². The fraction of sp³-hybridized carbons (Fsp3) is 1.00. The highest BCUT2D eigenvalue weighted by atomic mass is 16.5. The summed E-state index contributed by atoms with van der Waals surface area (Å²) in [6, 6.07) is 1.42. The molecule has 1 saturated heterocycles. The lowest BCUT2D eigenvalue weighted by Gasteiger charge is -2.40. The lowest BCUT2D eigenvalue weighted by atomic mass is 10.1. The van der Waals surface area contributed by atoms with Gasteiger partial charge in [0.2, 0.25) is 0 Å². The summed E-state index contributed by atoms with van der Waals surface area (Å²) in [6.45, 7) is 8.97. The van der Waals surface area contributed by atoms with Gasteiger partial charge < -0.3 is 10.1 Å². The van der Waals surface area contributed by atoms with E-state index >= 15 is 0 Å². The largest absolute Gasteiger partial charge is 0.385 e. The maximum Gasteiger partial charge on any atom is 0.0474 e. The van der Waals surface area contributed by atoms with Crippen molar-refractivity contribution in [3.05, 3.63) is 0 Å². The molecule has 2 unspecified atom stereocenters. The van der Waals surface area contributed by atoms with Crippen LogP contribution in [0.25, 0.3) is 0 Å². The Balaban J connectivity index is 2.33. The monoisotopic (exact) mass is 214 g/mol.